The molecule has 0 radical (unpaired) electrons. The second kappa shape index (κ2) is 8.13. The first-order valence-electron chi connectivity index (χ1n) is 7.97. The number of anilines is 3. The molecule has 0 bridgehead atoms. The van der Waals surface area contributed by atoms with Gasteiger partial charge in [0.2, 0.25) is 5.95 Å². The molecule has 0 aliphatic heterocycles. The molecule has 8 heteroatoms. The van der Waals surface area contributed by atoms with Gasteiger partial charge in [-0.05, 0) is 24.3 Å². The van der Waals surface area contributed by atoms with E-state index in [1.807, 2.05) is 0 Å². The Morgan fingerprint density at radius 2 is 1.74 bits per heavy atom. The summed E-state index contributed by atoms with van der Waals surface area (Å²) < 4.78 is 24.0. The summed E-state index contributed by atoms with van der Waals surface area (Å²) in [5.41, 5.74) is 0.974. The Morgan fingerprint density at radius 3 is 2.41 bits per heavy atom. The first-order valence-corrected chi connectivity index (χ1v) is 7.97. The van der Waals surface area contributed by atoms with Crippen molar-refractivity contribution in [1.29, 1.82) is 0 Å². The lowest BCUT2D eigenvalue weighted by atomic mass is 10.2. The van der Waals surface area contributed by atoms with Gasteiger partial charge < -0.3 is 20.1 Å². The van der Waals surface area contributed by atoms with Gasteiger partial charge in [-0.3, -0.25) is 4.79 Å². The first kappa shape index (κ1) is 18.1. The van der Waals surface area contributed by atoms with Crippen LogP contribution in [0.1, 0.15) is 10.4 Å². The van der Waals surface area contributed by atoms with Gasteiger partial charge in [-0.1, -0.05) is 12.1 Å². The van der Waals surface area contributed by atoms with Crippen LogP contribution in [-0.4, -0.2) is 30.1 Å². The molecule has 0 aliphatic rings. The second-order valence-electron chi connectivity index (χ2n) is 5.42. The normalized spacial score (nSPS) is 10.2. The monoisotopic (exact) mass is 368 g/mol. The molecule has 3 aromatic rings. The van der Waals surface area contributed by atoms with E-state index in [9.17, 15) is 9.18 Å². The Bertz CT molecular complexity index is 948. The lowest BCUT2D eigenvalue weighted by Gasteiger charge is -2.11. The molecule has 0 saturated carbocycles. The number of ether oxygens (including phenoxy) is 2. The average Bonchev–Trinajstić information content (AvgIpc) is 2.70. The van der Waals surface area contributed by atoms with E-state index in [0.717, 1.165) is 0 Å². The third-order valence-corrected chi connectivity index (χ3v) is 3.69. The molecule has 1 heterocycles. The van der Waals surface area contributed by atoms with Gasteiger partial charge in [0, 0.05) is 18.5 Å². The lowest BCUT2D eigenvalue weighted by Crippen LogP contribution is -2.14. The highest BCUT2D eigenvalue weighted by atomic mass is 19.1. The summed E-state index contributed by atoms with van der Waals surface area (Å²) in [5.74, 6) is 0.419. The number of methoxy groups -OCH3 is 2. The second-order valence-corrected chi connectivity index (χ2v) is 5.42. The van der Waals surface area contributed by atoms with Crippen LogP contribution in [0.15, 0.2) is 54.9 Å². The molecule has 2 N–H and O–H groups in total. The van der Waals surface area contributed by atoms with Crippen molar-refractivity contribution in [3.05, 3.63) is 66.2 Å². The summed E-state index contributed by atoms with van der Waals surface area (Å²) in [4.78, 5) is 20.5. The Labute approximate surface area is 155 Å². The quantitative estimate of drug-likeness (QED) is 0.691. The maximum Gasteiger partial charge on any atom is 0.258 e. The van der Waals surface area contributed by atoms with Gasteiger partial charge in [-0.25, -0.2) is 14.4 Å². The third-order valence-electron chi connectivity index (χ3n) is 3.69. The molecule has 0 atom stereocenters. The number of hydrogen-bond acceptors (Lipinski definition) is 6. The Hall–Kier alpha value is -3.68. The number of carbonyl (C=O) groups excluding carboxylic acids is 1. The van der Waals surface area contributed by atoms with Crippen LogP contribution < -0.4 is 20.1 Å². The van der Waals surface area contributed by atoms with Crippen LogP contribution in [0.2, 0.25) is 0 Å². The van der Waals surface area contributed by atoms with Gasteiger partial charge in [0.1, 0.15) is 17.3 Å². The van der Waals surface area contributed by atoms with Crippen molar-refractivity contribution in [2.75, 3.05) is 24.9 Å². The fraction of sp³-hybridized carbons (Fsp3) is 0.105. The summed E-state index contributed by atoms with van der Waals surface area (Å²) in [6.45, 7) is 0. The van der Waals surface area contributed by atoms with Crippen molar-refractivity contribution in [3.8, 4) is 11.5 Å². The fourth-order valence-corrected chi connectivity index (χ4v) is 2.29. The number of nitrogens with one attached hydrogen (secondary N) is 2. The summed E-state index contributed by atoms with van der Waals surface area (Å²) >= 11 is 0. The van der Waals surface area contributed by atoms with Gasteiger partial charge in [-0.15, -0.1) is 0 Å². The lowest BCUT2D eigenvalue weighted by molar-refractivity contribution is 0.102. The molecule has 2 aromatic carbocycles. The minimum atomic E-state index is -0.422. The fourth-order valence-electron chi connectivity index (χ4n) is 2.29. The Kier molecular flexibility index (Phi) is 5.46. The molecule has 1 amide bonds. The zero-order chi connectivity index (χ0) is 19.2. The number of amides is 1. The third kappa shape index (κ3) is 4.30. The van der Waals surface area contributed by atoms with Gasteiger partial charge in [0.15, 0.2) is 0 Å². The van der Waals surface area contributed by atoms with Crippen LogP contribution in [0.4, 0.5) is 21.7 Å². The molecule has 1 aromatic heterocycles. The van der Waals surface area contributed by atoms with Crippen LogP contribution in [0.25, 0.3) is 0 Å². The van der Waals surface area contributed by atoms with Crippen molar-refractivity contribution in [1.82, 2.24) is 9.97 Å². The molecule has 27 heavy (non-hydrogen) atoms. The maximum absolute atomic E-state index is 13.6. The first-order chi connectivity index (χ1) is 13.1. The van der Waals surface area contributed by atoms with Gasteiger partial charge in [-0.2, -0.15) is 0 Å². The van der Waals surface area contributed by atoms with Crippen LogP contribution in [0, 0.1) is 5.82 Å². The number of para-hydroxylation sites is 1. The van der Waals surface area contributed by atoms with Crippen molar-refractivity contribution < 1.29 is 18.7 Å². The SMILES string of the molecule is COc1ccc(NC(=O)c2cnc(Nc3ccccc3F)nc2)c(OC)c1. The maximum atomic E-state index is 13.6. The van der Waals surface area contributed by atoms with E-state index in [0.29, 0.717) is 17.2 Å². The number of nitrogens with zero attached hydrogens (tertiary/aromatic N) is 2. The minimum Gasteiger partial charge on any atom is -0.497 e. The van der Waals surface area contributed by atoms with Crippen LogP contribution in [-0.2, 0) is 0 Å². The molecule has 3 rings (SSSR count). The molecule has 0 fully saturated rings. The van der Waals surface area contributed by atoms with Gasteiger partial charge in [0.25, 0.3) is 5.91 Å². The number of rotatable bonds is 6. The number of carbonyl (C=O) groups is 1. The van der Waals surface area contributed by atoms with Crippen LogP contribution >= 0.6 is 0 Å². The van der Waals surface area contributed by atoms with E-state index < -0.39 is 11.7 Å². The zero-order valence-corrected chi connectivity index (χ0v) is 14.7. The number of aromatic nitrogens is 2. The summed E-state index contributed by atoms with van der Waals surface area (Å²) in [6, 6.07) is 11.2. The van der Waals surface area contributed by atoms with Crippen molar-refractivity contribution in [3.63, 3.8) is 0 Å². The van der Waals surface area contributed by atoms with Gasteiger partial charge in [0.05, 0.1) is 31.2 Å². The van der Waals surface area contributed by atoms with Crippen LogP contribution in [0.3, 0.4) is 0 Å². The standard InChI is InChI=1S/C19H17FN4O3/c1-26-13-7-8-16(17(9-13)27-2)23-18(25)12-10-21-19(22-11-12)24-15-6-4-3-5-14(15)20/h3-11H,1-2H3,(H,23,25)(H,21,22,24). The summed E-state index contributed by atoms with van der Waals surface area (Å²) in [6.07, 6.45) is 2.70. The van der Waals surface area contributed by atoms with E-state index in [1.54, 1.807) is 43.5 Å². The summed E-state index contributed by atoms with van der Waals surface area (Å²) in [5, 5.41) is 5.48. The summed E-state index contributed by atoms with van der Waals surface area (Å²) in [7, 11) is 3.04. The predicted octanol–water partition coefficient (Wildman–Crippen LogP) is 3.63. The molecule has 7 nitrogen and oxygen atoms in total. The van der Waals surface area contributed by atoms with Crippen molar-refractivity contribution in [2.24, 2.45) is 0 Å². The molecule has 138 valence electrons. The largest absolute Gasteiger partial charge is 0.497 e. The highest BCUT2D eigenvalue weighted by molar-refractivity contribution is 6.04. The molecular formula is C19H17FN4O3. The molecular weight excluding hydrogens is 351 g/mol. The number of halogens is 1. The highest BCUT2D eigenvalue weighted by Crippen LogP contribution is 2.29. The minimum absolute atomic E-state index is 0.179. The van der Waals surface area contributed by atoms with Gasteiger partial charge >= 0.3 is 0 Å². The number of benzene rings is 2. The Balaban J connectivity index is 1.72. The zero-order valence-electron chi connectivity index (χ0n) is 14.7. The number of hydrogen-bond donors (Lipinski definition) is 2. The van der Waals surface area contributed by atoms with E-state index in [1.165, 1.54) is 25.6 Å². The van der Waals surface area contributed by atoms with E-state index in [2.05, 4.69) is 20.6 Å². The predicted molar refractivity (Wildman–Crippen MR) is 99.2 cm³/mol. The van der Waals surface area contributed by atoms with E-state index in [-0.39, 0.29) is 17.2 Å². The average molecular weight is 368 g/mol. The van der Waals surface area contributed by atoms with Crippen molar-refractivity contribution in [2.45, 2.75) is 0 Å². The van der Waals surface area contributed by atoms with Crippen LogP contribution in [0.5, 0.6) is 11.5 Å². The molecule has 0 unspecified atom stereocenters. The van der Waals surface area contributed by atoms with E-state index in [4.69, 9.17) is 9.47 Å². The molecule has 0 saturated heterocycles. The topological polar surface area (TPSA) is 85.4 Å². The highest BCUT2D eigenvalue weighted by Gasteiger charge is 2.12. The van der Waals surface area contributed by atoms with E-state index >= 15 is 0 Å². The van der Waals surface area contributed by atoms with Crippen molar-refractivity contribution >= 4 is 23.2 Å². The molecule has 0 aliphatic carbocycles. The molecule has 0 spiro atoms. The smallest absolute Gasteiger partial charge is 0.258 e. The Morgan fingerprint density at radius 1 is 1.00 bits per heavy atom.